The van der Waals surface area contributed by atoms with Gasteiger partial charge in [0.15, 0.2) is 0 Å². The van der Waals surface area contributed by atoms with Crippen molar-refractivity contribution in [3.8, 4) is 0 Å². The number of piperazine rings is 1. The van der Waals surface area contributed by atoms with Crippen LogP contribution in [0.4, 0.5) is 4.79 Å². The molecule has 8 heteroatoms. The Hall–Kier alpha value is -2.64. The van der Waals surface area contributed by atoms with Gasteiger partial charge >= 0.3 is 12.0 Å². The number of nitrogens with one attached hydrogen (secondary N) is 1. The Labute approximate surface area is 140 Å². The summed E-state index contributed by atoms with van der Waals surface area (Å²) in [5, 5.41) is 2.79. The van der Waals surface area contributed by atoms with Crippen molar-refractivity contribution in [2.45, 2.75) is 25.9 Å². The van der Waals surface area contributed by atoms with E-state index in [-0.39, 0.29) is 31.1 Å². The van der Waals surface area contributed by atoms with Crippen LogP contribution >= 0.6 is 0 Å². The van der Waals surface area contributed by atoms with Gasteiger partial charge in [-0.3, -0.25) is 9.78 Å². The average molecular weight is 334 g/mol. The number of amides is 3. The number of urea groups is 1. The number of esters is 1. The highest BCUT2D eigenvalue weighted by atomic mass is 16.5. The summed E-state index contributed by atoms with van der Waals surface area (Å²) < 4.78 is 4.81. The second-order valence-electron chi connectivity index (χ2n) is 5.83. The van der Waals surface area contributed by atoms with Crippen molar-refractivity contribution < 1.29 is 19.1 Å². The van der Waals surface area contributed by atoms with Crippen molar-refractivity contribution in [3.63, 3.8) is 0 Å². The molecule has 1 unspecified atom stereocenters. The molecule has 0 saturated carbocycles. The van der Waals surface area contributed by atoms with Gasteiger partial charge < -0.3 is 19.9 Å². The van der Waals surface area contributed by atoms with Crippen LogP contribution in [0.15, 0.2) is 24.5 Å². The topological polar surface area (TPSA) is 91.8 Å². The molecule has 2 heterocycles. The Morgan fingerprint density at radius 3 is 2.67 bits per heavy atom. The van der Waals surface area contributed by atoms with Gasteiger partial charge in [0.25, 0.3) is 5.91 Å². The fourth-order valence-corrected chi connectivity index (χ4v) is 2.54. The van der Waals surface area contributed by atoms with Crippen LogP contribution in [0.25, 0.3) is 0 Å². The van der Waals surface area contributed by atoms with Crippen molar-refractivity contribution in [1.82, 2.24) is 20.1 Å². The number of methoxy groups -OCH3 is 1. The number of rotatable bonds is 3. The summed E-state index contributed by atoms with van der Waals surface area (Å²) in [6.45, 7) is 4.41. The van der Waals surface area contributed by atoms with Gasteiger partial charge in [-0.1, -0.05) is 0 Å². The van der Waals surface area contributed by atoms with Crippen molar-refractivity contribution in [1.29, 1.82) is 0 Å². The third-order valence-electron chi connectivity index (χ3n) is 3.72. The molecule has 0 spiro atoms. The Balaban J connectivity index is 2.16. The Kier molecular flexibility index (Phi) is 5.73. The SMILES string of the molecule is COC(=O)C1CN(C(=O)NC(C)C)CCN1C(=O)c1cccnc1. The first kappa shape index (κ1) is 17.7. The van der Waals surface area contributed by atoms with E-state index in [4.69, 9.17) is 4.74 Å². The molecule has 3 amide bonds. The Morgan fingerprint density at radius 1 is 1.33 bits per heavy atom. The summed E-state index contributed by atoms with van der Waals surface area (Å²) in [4.78, 5) is 43.8. The highest BCUT2D eigenvalue weighted by molar-refractivity contribution is 5.97. The molecule has 1 atom stereocenters. The molecule has 0 radical (unpaired) electrons. The van der Waals surface area contributed by atoms with Crippen LogP contribution in [0.5, 0.6) is 0 Å². The van der Waals surface area contributed by atoms with Crippen molar-refractivity contribution >= 4 is 17.9 Å². The molecule has 130 valence electrons. The van der Waals surface area contributed by atoms with E-state index in [9.17, 15) is 14.4 Å². The molecule has 0 aromatic carbocycles. The quantitative estimate of drug-likeness (QED) is 0.813. The lowest BCUT2D eigenvalue weighted by Gasteiger charge is -2.40. The summed E-state index contributed by atoms with van der Waals surface area (Å²) >= 11 is 0. The number of nitrogens with zero attached hydrogens (tertiary/aromatic N) is 3. The predicted octanol–water partition coefficient (Wildman–Crippen LogP) is 0.499. The lowest BCUT2D eigenvalue weighted by Crippen LogP contribution is -2.61. The van der Waals surface area contributed by atoms with Crippen LogP contribution in [-0.2, 0) is 9.53 Å². The van der Waals surface area contributed by atoms with Gasteiger partial charge in [0.05, 0.1) is 19.2 Å². The molecule has 1 aromatic heterocycles. The van der Waals surface area contributed by atoms with E-state index in [1.54, 1.807) is 18.3 Å². The molecule has 1 saturated heterocycles. The molecule has 8 nitrogen and oxygen atoms in total. The number of hydrogen-bond acceptors (Lipinski definition) is 5. The lowest BCUT2D eigenvalue weighted by atomic mass is 10.1. The molecule has 1 aliphatic rings. The summed E-state index contributed by atoms with van der Waals surface area (Å²) in [5.74, 6) is -0.850. The fraction of sp³-hybridized carbons (Fsp3) is 0.500. The number of hydrogen-bond donors (Lipinski definition) is 1. The highest BCUT2D eigenvalue weighted by Gasteiger charge is 2.38. The molecular formula is C16H22N4O4. The van der Waals surface area contributed by atoms with Crippen LogP contribution < -0.4 is 5.32 Å². The second kappa shape index (κ2) is 7.76. The molecule has 0 bridgehead atoms. The van der Waals surface area contributed by atoms with E-state index in [1.165, 1.54) is 23.1 Å². The van der Waals surface area contributed by atoms with Crippen LogP contribution in [0.2, 0.25) is 0 Å². The van der Waals surface area contributed by atoms with E-state index in [0.29, 0.717) is 12.1 Å². The van der Waals surface area contributed by atoms with Crippen molar-refractivity contribution in [2.24, 2.45) is 0 Å². The highest BCUT2D eigenvalue weighted by Crippen LogP contribution is 2.15. The van der Waals surface area contributed by atoms with E-state index in [0.717, 1.165) is 0 Å². The summed E-state index contributed by atoms with van der Waals surface area (Å²) in [5.41, 5.74) is 0.395. The Bertz CT molecular complexity index is 605. The number of ether oxygens (including phenoxy) is 1. The van der Waals surface area contributed by atoms with Crippen LogP contribution in [-0.4, -0.2) is 71.5 Å². The minimum absolute atomic E-state index is 0.0101. The molecule has 2 rings (SSSR count). The monoisotopic (exact) mass is 334 g/mol. The summed E-state index contributed by atoms with van der Waals surface area (Å²) in [7, 11) is 1.27. The maximum absolute atomic E-state index is 12.6. The van der Waals surface area contributed by atoms with E-state index < -0.39 is 12.0 Å². The normalized spacial score (nSPS) is 17.6. The minimum Gasteiger partial charge on any atom is -0.467 e. The summed E-state index contributed by atoms with van der Waals surface area (Å²) in [6.07, 6.45) is 3.03. The van der Waals surface area contributed by atoms with Crippen LogP contribution in [0.3, 0.4) is 0 Å². The van der Waals surface area contributed by atoms with Gasteiger partial charge in [0, 0.05) is 31.5 Å². The maximum atomic E-state index is 12.6. The fourth-order valence-electron chi connectivity index (χ4n) is 2.54. The molecule has 1 fully saturated rings. The van der Waals surface area contributed by atoms with Gasteiger partial charge in [-0.25, -0.2) is 9.59 Å². The number of carbonyl (C=O) groups is 3. The van der Waals surface area contributed by atoms with E-state index in [1.807, 2.05) is 13.8 Å². The molecule has 1 aliphatic heterocycles. The first-order valence-corrected chi connectivity index (χ1v) is 7.78. The predicted molar refractivity (Wildman–Crippen MR) is 86.3 cm³/mol. The minimum atomic E-state index is -0.839. The Morgan fingerprint density at radius 2 is 2.08 bits per heavy atom. The standard InChI is InChI=1S/C16H22N4O4/c1-11(2)18-16(23)19-7-8-20(13(10-19)15(22)24-3)14(21)12-5-4-6-17-9-12/h4-6,9,11,13H,7-8,10H2,1-3H3,(H,18,23). The van der Waals surface area contributed by atoms with E-state index >= 15 is 0 Å². The molecule has 0 aliphatic carbocycles. The zero-order chi connectivity index (χ0) is 17.7. The first-order valence-electron chi connectivity index (χ1n) is 7.78. The maximum Gasteiger partial charge on any atom is 0.330 e. The van der Waals surface area contributed by atoms with Crippen LogP contribution in [0, 0.1) is 0 Å². The van der Waals surface area contributed by atoms with Gasteiger partial charge in [-0.15, -0.1) is 0 Å². The van der Waals surface area contributed by atoms with Gasteiger partial charge in [-0.2, -0.15) is 0 Å². The lowest BCUT2D eigenvalue weighted by molar-refractivity contribution is -0.147. The molecule has 1 aromatic rings. The van der Waals surface area contributed by atoms with E-state index in [2.05, 4.69) is 10.3 Å². The number of pyridine rings is 1. The zero-order valence-corrected chi connectivity index (χ0v) is 14.1. The van der Waals surface area contributed by atoms with Crippen LogP contribution in [0.1, 0.15) is 24.2 Å². The first-order chi connectivity index (χ1) is 11.4. The van der Waals surface area contributed by atoms with Gasteiger partial charge in [0.1, 0.15) is 6.04 Å². The molecular weight excluding hydrogens is 312 g/mol. The van der Waals surface area contributed by atoms with Gasteiger partial charge in [-0.05, 0) is 26.0 Å². The van der Waals surface area contributed by atoms with Gasteiger partial charge in [0.2, 0.25) is 0 Å². The third kappa shape index (κ3) is 4.01. The zero-order valence-electron chi connectivity index (χ0n) is 14.1. The summed E-state index contributed by atoms with van der Waals surface area (Å²) in [6, 6.07) is 2.19. The molecule has 24 heavy (non-hydrogen) atoms. The van der Waals surface area contributed by atoms with Crippen molar-refractivity contribution in [2.75, 3.05) is 26.7 Å². The molecule has 1 N–H and O–H groups in total. The smallest absolute Gasteiger partial charge is 0.330 e. The third-order valence-corrected chi connectivity index (χ3v) is 3.72. The number of aromatic nitrogens is 1. The van der Waals surface area contributed by atoms with Crippen molar-refractivity contribution in [3.05, 3.63) is 30.1 Å². The largest absolute Gasteiger partial charge is 0.467 e. The second-order valence-corrected chi connectivity index (χ2v) is 5.83. The average Bonchev–Trinajstić information content (AvgIpc) is 2.60. The number of carbonyl (C=O) groups excluding carboxylic acids is 3.